The van der Waals surface area contributed by atoms with Crippen LogP contribution in [-0.4, -0.2) is 17.1 Å². The molecule has 3 N–H and O–H groups in total. The van der Waals surface area contributed by atoms with Gasteiger partial charge in [-0.15, -0.1) is 11.3 Å². The van der Waals surface area contributed by atoms with Gasteiger partial charge in [0.2, 0.25) is 0 Å². The molecule has 2 amide bonds. The maximum atomic E-state index is 11.9. The van der Waals surface area contributed by atoms with Crippen LogP contribution >= 0.6 is 22.9 Å². The Morgan fingerprint density at radius 3 is 2.70 bits per heavy atom. The van der Waals surface area contributed by atoms with E-state index in [2.05, 4.69) is 10.6 Å². The molecule has 2 rings (SSSR count). The van der Waals surface area contributed by atoms with E-state index in [-0.39, 0.29) is 10.6 Å². The summed E-state index contributed by atoms with van der Waals surface area (Å²) >= 11 is 7.01. The predicted octanol–water partition coefficient (Wildman–Crippen LogP) is 4.05. The van der Waals surface area contributed by atoms with Crippen molar-refractivity contribution in [3.63, 3.8) is 0 Å². The molecule has 0 radical (unpaired) electrons. The fourth-order valence-corrected chi connectivity index (χ4v) is 2.51. The lowest BCUT2D eigenvalue weighted by Gasteiger charge is -2.09. The number of carboxylic acid groups (broad SMARTS) is 1. The highest BCUT2D eigenvalue weighted by Gasteiger charge is 2.14. The molecule has 7 heteroatoms. The Morgan fingerprint density at radius 1 is 1.25 bits per heavy atom. The predicted molar refractivity (Wildman–Crippen MR) is 80.1 cm³/mol. The van der Waals surface area contributed by atoms with E-state index in [0.29, 0.717) is 10.7 Å². The minimum atomic E-state index is -1.08. The summed E-state index contributed by atoms with van der Waals surface area (Å²) in [5.74, 6) is -1.08. The topological polar surface area (TPSA) is 78.4 Å². The monoisotopic (exact) mass is 310 g/mol. The summed E-state index contributed by atoms with van der Waals surface area (Å²) in [7, 11) is 0. The minimum Gasteiger partial charge on any atom is -0.478 e. The van der Waals surface area contributed by atoms with E-state index in [0.717, 1.165) is 16.9 Å². The van der Waals surface area contributed by atoms with Gasteiger partial charge in [0.05, 0.1) is 5.56 Å². The highest BCUT2D eigenvalue weighted by Crippen LogP contribution is 2.24. The van der Waals surface area contributed by atoms with Crippen molar-refractivity contribution in [3.05, 3.63) is 45.8 Å². The maximum absolute atomic E-state index is 11.9. The molecule has 1 aromatic carbocycles. The van der Waals surface area contributed by atoms with Crippen molar-refractivity contribution in [2.45, 2.75) is 6.92 Å². The fourth-order valence-electron chi connectivity index (χ4n) is 1.56. The Labute approximate surface area is 124 Å². The minimum absolute atomic E-state index is 0.0629. The molecule has 0 saturated heterocycles. The van der Waals surface area contributed by atoms with Crippen molar-refractivity contribution in [2.24, 2.45) is 0 Å². The summed E-state index contributed by atoms with van der Waals surface area (Å²) in [6.07, 6.45) is 0. The summed E-state index contributed by atoms with van der Waals surface area (Å²) in [6.45, 7) is 1.83. The number of amides is 2. The van der Waals surface area contributed by atoms with E-state index in [9.17, 15) is 9.59 Å². The number of nitrogens with one attached hydrogen (secondary N) is 2. The molecule has 0 atom stereocenters. The molecule has 0 bridgehead atoms. The van der Waals surface area contributed by atoms with Crippen LogP contribution in [0.4, 0.5) is 15.5 Å². The van der Waals surface area contributed by atoms with Gasteiger partial charge in [-0.25, -0.2) is 9.59 Å². The van der Waals surface area contributed by atoms with Crippen LogP contribution in [0.3, 0.4) is 0 Å². The third-order valence-electron chi connectivity index (χ3n) is 2.57. The molecule has 20 heavy (non-hydrogen) atoms. The second-order valence-electron chi connectivity index (χ2n) is 4.01. The Kier molecular flexibility index (Phi) is 4.26. The molecule has 1 heterocycles. The number of carbonyl (C=O) groups excluding carboxylic acids is 1. The summed E-state index contributed by atoms with van der Waals surface area (Å²) in [5.41, 5.74) is 1.49. The number of aromatic carboxylic acids is 1. The summed E-state index contributed by atoms with van der Waals surface area (Å²) in [4.78, 5) is 22.8. The van der Waals surface area contributed by atoms with Gasteiger partial charge in [-0.3, -0.25) is 5.32 Å². The molecular formula is C13H11ClN2O3S. The highest BCUT2D eigenvalue weighted by atomic mass is 35.5. The molecule has 104 valence electrons. The third-order valence-corrected chi connectivity index (χ3v) is 3.64. The number of anilines is 2. The highest BCUT2D eigenvalue weighted by molar-refractivity contribution is 7.14. The lowest BCUT2D eigenvalue weighted by molar-refractivity contribution is 0.0698. The van der Waals surface area contributed by atoms with E-state index >= 15 is 0 Å². The first-order valence-electron chi connectivity index (χ1n) is 5.62. The fraction of sp³-hybridized carbons (Fsp3) is 0.0769. The zero-order chi connectivity index (χ0) is 14.7. The van der Waals surface area contributed by atoms with Crippen molar-refractivity contribution in [2.75, 3.05) is 10.6 Å². The second-order valence-corrected chi connectivity index (χ2v) is 5.36. The van der Waals surface area contributed by atoms with Crippen molar-refractivity contribution in [3.8, 4) is 0 Å². The Balaban J connectivity index is 2.11. The first kappa shape index (κ1) is 14.4. The van der Waals surface area contributed by atoms with E-state index < -0.39 is 12.0 Å². The largest absolute Gasteiger partial charge is 0.478 e. The molecule has 0 spiro atoms. The molecule has 5 nitrogen and oxygen atoms in total. The molecule has 0 fully saturated rings. The number of aryl methyl sites for hydroxylation is 1. The summed E-state index contributed by atoms with van der Waals surface area (Å²) in [6, 6.07) is 6.06. The van der Waals surface area contributed by atoms with Crippen LogP contribution in [0.1, 0.15) is 15.9 Å². The van der Waals surface area contributed by atoms with Gasteiger partial charge in [-0.2, -0.15) is 0 Å². The van der Waals surface area contributed by atoms with Gasteiger partial charge in [0.15, 0.2) is 0 Å². The van der Waals surface area contributed by atoms with Crippen molar-refractivity contribution in [1.82, 2.24) is 0 Å². The van der Waals surface area contributed by atoms with E-state index in [1.165, 1.54) is 6.07 Å². The van der Waals surface area contributed by atoms with E-state index in [4.69, 9.17) is 16.7 Å². The number of rotatable bonds is 3. The molecule has 0 unspecified atom stereocenters. The number of carboxylic acids is 1. The Morgan fingerprint density at radius 2 is 2.00 bits per heavy atom. The molecule has 2 aromatic rings. The van der Waals surface area contributed by atoms with Gasteiger partial charge in [-0.05, 0) is 36.1 Å². The quantitative estimate of drug-likeness (QED) is 0.800. The molecule has 0 aliphatic carbocycles. The van der Waals surface area contributed by atoms with E-state index in [1.54, 1.807) is 23.6 Å². The number of hydrogen-bond donors (Lipinski definition) is 3. The van der Waals surface area contributed by atoms with Crippen LogP contribution in [0, 0.1) is 6.92 Å². The Hall–Kier alpha value is -2.05. The normalized spacial score (nSPS) is 10.1. The average molecular weight is 311 g/mol. The molecule has 0 saturated carbocycles. The summed E-state index contributed by atoms with van der Waals surface area (Å²) in [5, 5.41) is 16.5. The van der Waals surface area contributed by atoms with E-state index in [1.807, 2.05) is 6.92 Å². The van der Waals surface area contributed by atoms with Crippen LogP contribution in [0.2, 0.25) is 5.02 Å². The zero-order valence-electron chi connectivity index (χ0n) is 10.4. The third kappa shape index (κ3) is 3.28. The number of carbonyl (C=O) groups is 2. The van der Waals surface area contributed by atoms with Crippen molar-refractivity contribution in [1.29, 1.82) is 0 Å². The molecule has 0 aliphatic heterocycles. The second kappa shape index (κ2) is 5.94. The average Bonchev–Trinajstić information content (AvgIpc) is 2.82. The molecule has 1 aromatic heterocycles. The number of hydrogen-bond acceptors (Lipinski definition) is 3. The number of halogens is 1. The van der Waals surface area contributed by atoms with Crippen LogP contribution in [0.25, 0.3) is 0 Å². The standard InChI is InChI=1S/C13H11ClN2O3S/c1-7-2-3-8(14)6-10(7)15-13(19)16-11-9(12(17)18)4-5-20-11/h2-6H,1H3,(H,17,18)(H2,15,16,19). The van der Waals surface area contributed by atoms with Crippen molar-refractivity contribution < 1.29 is 14.7 Å². The van der Waals surface area contributed by atoms with Gasteiger partial charge in [0.25, 0.3) is 0 Å². The van der Waals surface area contributed by atoms with Gasteiger partial charge in [0.1, 0.15) is 5.00 Å². The van der Waals surface area contributed by atoms with Gasteiger partial charge >= 0.3 is 12.0 Å². The van der Waals surface area contributed by atoms with Crippen LogP contribution in [0.5, 0.6) is 0 Å². The smallest absolute Gasteiger partial charge is 0.338 e. The number of urea groups is 1. The lowest BCUT2D eigenvalue weighted by Crippen LogP contribution is -2.20. The van der Waals surface area contributed by atoms with Crippen molar-refractivity contribution >= 4 is 45.6 Å². The van der Waals surface area contributed by atoms with Gasteiger partial charge in [-0.1, -0.05) is 17.7 Å². The number of thiophene rings is 1. The molecular weight excluding hydrogens is 300 g/mol. The van der Waals surface area contributed by atoms with Crippen LogP contribution < -0.4 is 10.6 Å². The SMILES string of the molecule is Cc1ccc(Cl)cc1NC(=O)Nc1sccc1C(=O)O. The lowest BCUT2D eigenvalue weighted by atomic mass is 10.2. The Bertz CT molecular complexity index is 669. The van der Waals surface area contributed by atoms with Crippen LogP contribution in [0.15, 0.2) is 29.6 Å². The zero-order valence-corrected chi connectivity index (χ0v) is 12.0. The summed E-state index contributed by atoms with van der Waals surface area (Å²) < 4.78 is 0. The molecule has 0 aliphatic rings. The van der Waals surface area contributed by atoms with Gasteiger partial charge < -0.3 is 10.4 Å². The number of benzene rings is 1. The maximum Gasteiger partial charge on any atom is 0.338 e. The van der Waals surface area contributed by atoms with Crippen LogP contribution in [-0.2, 0) is 0 Å². The first-order valence-corrected chi connectivity index (χ1v) is 6.88. The van der Waals surface area contributed by atoms with Gasteiger partial charge in [0, 0.05) is 10.7 Å². The first-order chi connectivity index (χ1) is 9.47.